The molecule has 0 saturated heterocycles. The number of carbonyl (C=O) groups is 1. The van der Waals surface area contributed by atoms with E-state index in [-0.39, 0.29) is 5.60 Å². The summed E-state index contributed by atoms with van der Waals surface area (Å²) in [4.78, 5) is 14.6. The van der Waals surface area contributed by atoms with Crippen molar-refractivity contribution in [3.8, 4) is 0 Å². The normalized spacial score (nSPS) is 11.4. The average Bonchev–Trinajstić information content (AvgIpc) is 2.33. The van der Waals surface area contributed by atoms with Crippen LogP contribution < -0.4 is 0 Å². The molecule has 0 aromatic carbocycles. The zero-order valence-corrected chi connectivity index (χ0v) is 13.3. The molecule has 18 heavy (non-hydrogen) atoms. The molecule has 0 N–H and O–H groups in total. The first-order valence-corrected chi connectivity index (χ1v) is 6.70. The van der Waals surface area contributed by atoms with Gasteiger partial charge in [-0.1, -0.05) is 13.8 Å². The smallest absolute Gasteiger partial charge is 0.133 e. The highest BCUT2D eigenvalue weighted by molar-refractivity contribution is 5.51. The zero-order valence-electron chi connectivity index (χ0n) is 13.3. The van der Waals surface area contributed by atoms with Crippen molar-refractivity contribution in [2.24, 2.45) is 0 Å². The van der Waals surface area contributed by atoms with Crippen molar-refractivity contribution in [2.45, 2.75) is 40.2 Å². The summed E-state index contributed by atoms with van der Waals surface area (Å²) in [7, 11) is 3.80. The van der Waals surface area contributed by atoms with Gasteiger partial charge in [0.2, 0.25) is 0 Å². The summed E-state index contributed by atoms with van der Waals surface area (Å²) in [5.74, 6) is 0. The Kier molecular flexibility index (Phi) is 12.8. The van der Waals surface area contributed by atoms with Crippen molar-refractivity contribution in [3.63, 3.8) is 0 Å². The molecule has 0 fully saturated rings. The Labute approximate surface area is 113 Å². The SMILES string of the molecule is CCN(C)CCN(CC)CC=O.COC(C)(C)C. The minimum absolute atomic E-state index is 0.0417. The van der Waals surface area contributed by atoms with E-state index in [1.807, 2.05) is 20.8 Å². The van der Waals surface area contributed by atoms with E-state index in [0.717, 1.165) is 32.5 Å². The standard InChI is InChI=1S/C9H20N2O.C5H12O/c1-4-10(3)6-7-11(5-2)8-9-12;1-5(2,3)6-4/h9H,4-8H2,1-3H3;1-4H3. The van der Waals surface area contributed by atoms with Crippen molar-refractivity contribution < 1.29 is 9.53 Å². The number of rotatable bonds is 7. The number of likely N-dealkylation sites (N-methyl/N-ethyl adjacent to an activating group) is 2. The second kappa shape index (κ2) is 11.6. The summed E-state index contributed by atoms with van der Waals surface area (Å²) in [5, 5.41) is 0. The van der Waals surface area contributed by atoms with E-state index in [2.05, 4.69) is 30.7 Å². The molecule has 0 aromatic heterocycles. The summed E-state index contributed by atoms with van der Waals surface area (Å²) in [6.45, 7) is 14.9. The lowest BCUT2D eigenvalue weighted by Crippen LogP contribution is -2.34. The Morgan fingerprint density at radius 1 is 1.11 bits per heavy atom. The van der Waals surface area contributed by atoms with Crippen molar-refractivity contribution in [3.05, 3.63) is 0 Å². The van der Waals surface area contributed by atoms with Crippen molar-refractivity contribution in [2.75, 3.05) is 46.9 Å². The Morgan fingerprint density at radius 2 is 1.61 bits per heavy atom. The third-order valence-electron chi connectivity index (χ3n) is 2.73. The summed E-state index contributed by atoms with van der Waals surface area (Å²) >= 11 is 0. The molecule has 0 aromatic rings. The molecule has 0 heterocycles. The molecular weight excluding hydrogens is 228 g/mol. The van der Waals surface area contributed by atoms with Gasteiger partial charge in [-0.3, -0.25) is 4.90 Å². The van der Waals surface area contributed by atoms with E-state index >= 15 is 0 Å². The van der Waals surface area contributed by atoms with Crippen LogP contribution >= 0.6 is 0 Å². The lowest BCUT2D eigenvalue weighted by atomic mass is 10.2. The lowest BCUT2D eigenvalue weighted by molar-refractivity contribution is -0.108. The van der Waals surface area contributed by atoms with Gasteiger partial charge < -0.3 is 14.4 Å². The van der Waals surface area contributed by atoms with Crippen LogP contribution in [0, 0.1) is 0 Å². The number of hydrogen-bond acceptors (Lipinski definition) is 4. The van der Waals surface area contributed by atoms with Gasteiger partial charge in [0.1, 0.15) is 6.29 Å². The predicted octanol–water partition coefficient (Wildman–Crippen LogP) is 1.89. The molecule has 110 valence electrons. The number of nitrogens with zero attached hydrogens (tertiary/aromatic N) is 2. The minimum atomic E-state index is 0.0417. The highest BCUT2D eigenvalue weighted by Crippen LogP contribution is 2.02. The molecule has 0 atom stereocenters. The second-order valence-corrected chi connectivity index (χ2v) is 5.27. The molecule has 0 aliphatic rings. The van der Waals surface area contributed by atoms with Crippen molar-refractivity contribution in [1.29, 1.82) is 0 Å². The van der Waals surface area contributed by atoms with E-state index in [9.17, 15) is 4.79 Å². The lowest BCUT2D eigenvalue weighted by Gasteiger charge is -2.21. The Hall–Kier alpha value is -0.450. The van der Waals surface area contributed by atoms with E-state index in [1.54, 1.807) is 7.11 Å². The Bertz CT molecular complexity index is 191. The molecule has 0 aliphatic carbocycles. The molecule has 0 rings (SSSR count). The summed E-state index contributed by atoms with van der Waals surface area (Å²) in [5.41, 5.74) is 0.0417. The maximum absolute atomic E-state index is 10.2. The average molecular weight is 260 g/mol. The van der Waals surface area contributed by atoms with Gasteiger partial charge >= 0.3 is 0 Å². The van der Waals surface area contributed by atoms with E-state index in [0.29, 0.717) is 6.54 Å². The van der Waals surface area contributed by atoms with Gasteiger partial charge in [-0.2, -0.15) is 0 Å². The van der Waals surface area contributed by atoms with Gasteiger partial charge in [-0.25, -0.2) is 0 Å². The molecule has 0 saturated carbocycles. The van der Waals surface area contributed by atoms with Gasteiger partial charge in [0, 0.05) is 20.2 Å². The first-order chi connectivity index (χ1) is 8.30. The summed E-state index contributed by atoms with van der Waals surface area (Å²) < 4.78 is 4.94. The van der Waals surface area contributed by atoms with Gasteiger partial charge in [0.25, 0.3) is 0 Å². The van der Waals surface area contributed by atoms with Gasteiger partial charge in [0.15, 0.2) is 0 Å². The molecule has 0 amide bonds. The van der Waals surface area contributed by atoms with E-state index in [4.69, 9.17) is 4.74 Å². The Morgan fingerprint density at radius 3 is 1.89 bits per heavy atom. The number of aldehydes is 1. The number of methoxy groups -OCH3 is 1. The quantitative estimate of drug-likeness (QED) is 0.655. The fraction of sp³-hybridized carbons (Fsp3) is 0.929. The van der Waals surface area contributed by atoms with Gasteiger partial charge in [-0.15, -0.1) is 0 Å². The highest BCUT2D eigenvalue weighted by atomic mass is 16.5. The molecule has 4 heteroatoms. The molecular formula is C14H32N2O2. The molecule has 0 aliphatic heterocycles. The predicted molar refractivity (Wildman–Crippen MR) is 78.1 cm³/mol. The Balaban J connectivity index is 0. The molecule has 4 nitrogen and oxygen atoms in total. The van der Waals surface area contributed by atoms with Crippen molar-refractivity contribution in [1.82, 2.24) is 9.80 Å². The molecule has 0 bridgehead atoms. The molecule has 0 spiro atoms. The van der Waals surface area contributed by atoms with E-state index in [1.165, 1.54) is 0 Å². The van der Waals surface area contributed by atoms with Crippen LogP contribution in [0.15, 0.2) is 0 Å². The van der Waals surface area contributed by atoms with Crippen LogP contribution in [-0.2, 0) is 9.53 Å². The minimum Gasteiger partial charge on any atom is -0.379 e. The summed E-state index contributed by atoms with van der Waals surface area (Å²) in [6, 6.07) is 0. The number of hydrogen-bond donors (Lipinski definition) is 0. The fourth-order valence-electron chi connectivity index (χ4n) is 0.954. The number of carbonyl (C=O) groups excluding carboxylic acids is 1. The van der Waals surface area contributed by atoms with Gasteiger partial charge in [-0.05, 0) is 40.9 Å². The van der Waals surface area contributed by atoms with Crippen molar-refractivity contribution >= 4 is 6.29 Å². The van der Waals surface area contributed by atoms with Crippen LogP contribution in [-0.4, -0.2) is 68.6 Å². The van der Waals surface area contributed by atoms with Gasteiger partial charge in [0.05, 0.1) is 12.1 Å². The largest absolute Gasteiger partial charge is 0.379 e. The maximum atomic E-state index is 10.2. The third kappa shape index (κ3) is 15.6. The van der Waals surface area contributed by atoms with Crippen LogP contribution in [0.1, 0.15) is 34.6 Å². The topological polar surface area (TPSA) is 32.8 Å². The highest BCUT2D eigenvalue weighted by Gasteiger charge is 2.04. The first-order valence-electron chi connectivity index (χ1n) is 6.70. The monoisotopic (exact) mass is 260 g/mol. The van der Waals surface area contributed by atoms with Crippen LogP contribution in [0.2, 0.25) is 0 Å². The zero-order chi connectivity index (χ0) is 14.6. The molecule has 0 unspecified atom stereocenters. The molecule has 0 radical (unpaired) electrons. The number of ether oxygens (including phenoxy) is 1. The van der Waals surface area contributed by atoms with Crippen LogP contribution in [0.3, 0.4) is 0 Å². The van der Waals surface area contributed by atoms with Crippen LogP contribution in [0.5, 0.6) is 0 Å². The van der Waals surface area contributed by atoms with Crippen LogP contribution in [0.4, 0.5) is 0 Å². The first kappa shape index (κ1) is 19.9. The third-order valence-corrected chi connectivity index (χ3v) is 2.73. The fourth-order valence-corrected chi connectivity index (χ4v) is 0.954. The van der Waals surface area contributed by atoms with Crippen LogP contribution in [0.25, 0.3) is 0 Å². The second-order valence-electron chi connectivity index (χ2n) is 5.27. The van der Waals surface area contributed by atoms with E-state index < -0.39 is 0 Å². The maximum Gasteiger partial charge on any atom is 0.133 e. The summed E-state index contributed by atoms with van der Waals surface area (Å²) in [6.07, 6.45) is 0.968.